The Labute approximate surface area is 313 Å². The average molecular weight is 728 g/mol. The number of hydrogen-bond acceptors (Lipinski definition) is 9. The number of ether oxygens (including phenoxy) is 2. The van der Waals surface area contributed by atoms with E-state index in [4.69, 9.17) is 31.0 Å². The van der Waals surface area contributed by atoms with E-state index in [2.05, 4.69) is 32.5 Å². The third-order valence-corrected chi connectivity index (χ3v) is 9.90. The van der Waals surface area contributed by atoms with Gasteiger partial charge in [0.2, 0.25) is 5.96 Å². The predicted octanol–water partition coefficient (Wildman–Crippen LogP) is 5.27. The summed E-state index contributed by atoms with van der Waals surface area (Å²) in [6, 6.07) is 11.0. The SMILES string of the molecule is COCCN(C)CCn1cc(N=C(C=C(N)C(C)(C)C)NC(=O)NC2CCC(Oc3ccc(=N)n(C(=N)N4CCCCC4C)c3)c3ccccc32)cn1. The van der Waals surface area contributed by atoms with Gasteiger partial charge in [0.05, 0.1) is 37.8 Å². The van der Waals surface area contributed by atoms with Crippen molar-refractivity contribution in [2.75, 3.05) is 40.4 Å². The van der Waals surface area contributed by atoms with Crippen LogP contribution in [0.2, 0.25) is 0 Å². The van der Waals surface area contributed by atoms with Crippen LogP contribution in [-0.4, -0.2) is 88.4 Å². The molecule has 1 aromatic carbocycles. The van der Waals surface area contributed by atoms with Gasteiger partial charge in [0, 0.05) is 50.0 Å². The summed E-state index contributed by atoms with van der Waals surface area (Å²) in [7, 11) is 3.73. The maximum Gasteiger partial charge on any atom is 0.320 e. The molecule has 3 unspecified atom stereocenters. The van der Waals surface area contributed by atoms with Gasteiger partial charge in [-0.2, -0.15) is 5.10 Å². The molecule has 0 bridgehead atoms. The van der Waals surface area contributed by atoms with Crippen molar-refractivity contribution in [3.8, 4) is 5.75 Å². The van der Waals surface area contributed by atoms with Gasteiger partial charge in [-0.05, 0) is 69.3 Å². The number of fused-ring (bicyclic) bond motifs is 1. The lowest BCUT2D eigenvalue weighted by Crippen LogP contribution is -2.47. The molecule has 3 atom stereocenters. The van der Waals surface area contributed by atoms with Gasteiger partial charge in [-0.25, -0.2) is 9.79 Å². The van der Waals surface area contributed by atoms with Crippen LogP contribution in [0.4, 0.5) is 10.5 Å². The van der Waals surface area contributed by atoms with Crippen LogP contribution in [-0.2, 0) is 11.3 Å². The van der Waals surface area contributed by atoms with Crippen molar-refractivity contribution < 1.29 is 14.3 Å². The second-order valence-electron chi connectivity index (χ2n) is 15.1. The van der Waals surface area contributed by atoms with E-state index < -0.39 is 6.03 Å². The maximum atomic E-state index is 13.6. The highest BCUT2D eigenvalue weighted by atomic mass is 16.5. The molecular weight excluding hydrogens is 671 g/mol. The number of benzene rings is 1. The Kier molecular flexibility index (Phi) is 13.1. The van der Waals surface area contributed by atoms with Gasteiger partial charge >= 0.3 is 6.03 Å². The quantitative estimate of drug-likeness (QED) is 0.132. The molecule has 1 aliphatic heterocycles. The van der Waals surface area contributed by atoms with Gasteiger partial charge < -0.3 is 30.3 Å². The number of amidine groups is 1. The third kappa shape index (κ3) is 10.6. The topological polar surface area (TPSA) is 175 Å². The molecule has 0 spiro atoms. The number of aliphatic imine (C=N–C) groups is 1. The standard InChI is InChI=1S/C39H57N11O3/c1-27-11-9-10-18-49(27)37(42)50-26-29(14-17-35(50)41)53-33-16-15-32(30-12-7-8-13-31(30)33)45-38(51)46-36(23-34(40)39(2,3)4)44-28-24-43-48(25-28)20-19-47(5)21-22-52-6/h7-8,12-14,17,23-27,32-33,41-42H,9-11,15-16,18-22,40H2,1-6H3,(H2,44,45,46,51). The second kappa shape index (κ2) is 17.7. The summed E-state index contributed by atoms with van der Waals surface area (Å²) in [4.78, 5) is 22.6. The lowest BCUT2D eigenvalue weighted by atomic mass is 9.85. The number of amides is 2. The number of carbonyl (C=O) groups excluding carboxylic acids is 1. The van der Waals surface area contributed by atoms with Crippen LogP contribution >= 0.6 is 0 Å². The van der Waals surface area contributed by atoms with Crippen LogP contribution < -0.4 is 26.6 Å². The first-order valence-corrected chi connectivity index (χ1v) is 18.5. The maximum absolute atomic E-state index is 13.6. The average Bonchev–Trinajstić information content (AvgIpc) is 3.58. The van der Waals surface area contributed by atoms with Gasteiger partial charge in [0.25, 0.3) is 0 Å². The van der Waals surface area contributed by atoms with E-state index in [1.54, 1.807) is 42.3 Å². The van der Waals surface area contributed by atoms with E-state index in [0.29, 0.717) is 54.9 Å². The van der Waals surface area contributed by atoms with Gasteiger partial charge in [-0.3, -0.25) is 25.4 Å². The van der Waals surface area contributed by atoms with E-state index >= 15 is 0 Å². The number of likely N-dealkylation sites (tertiary alicyclic amines) is 1. The molecule has 0 saturated carbocycles. The van der Waals surface area contributed by atoms with Gasteiger partial charge in [-0.1, -0.05) is 45.0 Å². The highest BCUT2D eigenvalue weighted by Crippen LogP contribution is 2.38. The highest BCUT2D eigenvalue weighted by Gasteiger charge is 2.30. The Morgan fingerprint density at radius 3 is 2.62 bits per heavy atom. The van der Waals surface area contributed by atoms with Crippen molar-refractivity contribution in [2.45, 2.75) is 84.5 Å². The van der Waals surface area contributed by atoms with E-state index in [0.717, 1.165) is 50.0 Å². The first-order chi connectivity index (χ1) is 25.3. The van der Waals surface area contributed by atoms with Crippen molar-refractivity contribution in [1.29, 1.82) is 10.8 Å². The number of nitrogens with two attached hydrogens (primary N) is 1. The molecule has 2 aliphatic rings. The molecule has 6 N–H and O–H groups in total. The Morgan fingerprint density at radius 2 is 1.89 bits per heavy atom. The number of carbonyl (C=O) groups is 1. The molecule has 3 heterocycles. The number of aromatic nitrogens is 3. The fraction of sp³-hybridized carbons (Fsp3) is 0.513. The minimum Gasteiger partial charge on any atom is -0.484 e. The number of urea groups is 1. The third-order valence-electron chi connectivity index (χ3n) is 9.90. The molecule has 1 aliphatic carbocycles. The summed E-state index contributed by atoms with van der Waals surface area (Å²) < 4.78 is 15.1. The summed E-state index contributed by atoms with van der Waals surface area (Å²) in [6.45, 7) is 11.9. The predicted molar refractivity (Wildman–Crippen MR) is 207 cm³/mol. The van der Waals surface area contributed by atoms with Crippen LogP contribution in [0.5, 0.6) is 5.75 Å². The number of rotatable bonds is 11. The molecule has 14 heteroatoms. The zero-order chi connectivity index (χ0) is 38.1. The molecule has 14 nitrogen and oxygen atoms in total. The zero-order valence-electron chi connectivity index (χ0n) is 32.1. The van der Waals surface area contributed by atoms with Gasteiger partial charge in [0.1, 0.15) is 28.9 Å². The fourth-order valence-corrected chi connectivity index (χ4v) is 6.54. The Balaban J connectivity index is 1.28. The van der Waals surface area contributed by atoms with Gasteiger partial charge in [0.15, 0.2) is 0 Å². The van der Waals surface area contributed by atoms with Crippen LogP contribution in [0.3, 0.4) is 0 Å². The van der Waals surface area contributed by atoms with Crippen molar-refractivity contribution in [1.82, 2.24) is 34.8 Å². The Hall–Kier alpha value is -4.95. The number of piperidine rings is 1. The largest absolute Gasteiger partial charge is 0.484 e. The van der Waals surface area contributed by atoms with E-state index in [1.807, 2.05) is 63.0 Å². The first kappa shape index (κ1) is 39.3. The molecule has 53 heavy (non-hydrogen) atoms. The second-order valence-corrected chi connectivity index (χ2v) is 15.1. The molecule has 1 fully saturated rings. The zero-order valence-corrected chi connectivity index (χ0v) is 32.1. The number of nitrogens with one attached hydrogen (secondary N) is 4. The molecule has 286 valence electrons. The summed E-state index contributed by atoms with van der Waals surface area (Å²) in [5, 5.41) is 28.0. The minimum absolute atomic E-state index is 0.233. The number of methoxy groups -OCH3 is 1. The number of pyridine rings is 1. The van der Waals surface area contributed by atoms with E-state index in [1.165, 1.54) is 0 Å². The monoisotopic (exact) mass is 727 g/mol. The van der Waals surface area contributed by atoms with Crippen LogP contribution in [0.15, 0.2) is 71.8 Å². The summed E-state index contributed by atoms with van der Waals surface area (Å²) in [5.74, 6) is 1.20. The summed E-state index contributed by atoms with van der Waals surface area (Å²) in [6.07, 6.45) is 11.2. The van der Waals surface area contributed by atoms with Crippen molar-refractivity contribution in [3.05, 3.63) is 83.4 Å². The lowest BCUT2D eigenvalue weighted by Gasteiger charge is -2.36. The fourth-order valence-electron chi connectivity index (χ4n) is 6.54. The molecule has 5 rings (SSSR count). The van der Waals surface area contributed by atoms with Crippen molar-refractivity contribution in [3.63, 3.8) is 0 Å². The highest BCUT2D eigenvalue weighted by molar-refractivity contribution is 6.05. The molecule has 1 saturated heterocycles. The first-order valence-electron chi connectivity index (χ1n) is 18.5. The van der Waals surface area contributed by atoms with E-state index in [9.17, 15) is 4.79 Å². The number of nitrogens with zero attached hydrogens (tertiary/aromatic N) is 6. The lowest BCUT2D eigenvalue weighted by molar-refractivity contribution is 0.159. The molecule has 2 aromatic heterocycles. The summed E-state index contributed by atoms with van der Waals surface area (Å²) in [5.41, 5.74) is 9.47. The minimum atomic E-state index is -0.398. The van der Waals surface area contributed by atoms with Crippen LogP contribution in [0.25, 0.3) is 0 Å². The molecule has 3 aromatic rings. The number of hydrogen-bond donors (Lipinski definition) is 5. The smallest absolute Gasteiger partial charge is 0.320 e. The molecule has 0 radical (unpaired) electrons. The van der Waals surface area contributed by atoms with Crippen LogP contribution in [0.1, 0.15) is 83.1 Å². The van der Waals surface area contributed by atoms with Gasteiger partial charge in [-0.15, -0.1) is 0 Å². The van der Waals surface area contributed by atoms with Crippen LogP contribution in [0, 0.1) is 16.2 Å². The van der Waals surface area contributed by atoms with Crippen molar-refractivity contribution in [2.24, 2.45) is 16.1 Å². The Morgan fingerprint density at radius 1 is 1.11 bits per heavy atom. The van der Waals surface area contributed by atoms with E-state index in [-0.39, 0.29) is 29.1 Å². The van der Waals surface area contributed by atoms with Crippen molar-refractivity contribution >= 4 is 23.5 Å². The normalized spacial score (nSPS) is 19.5. The molecular formula is C39H57N11O3. The summed E-state index contributed by atoms with van der Waals surface area (Å²) >= 11 is 0. The molecule has 2 amide bonds. The Bertz CT molecular complexity index is 1840. The number of likely N-dealkylation sites (N-methyl/N-ethyl adjacent to an activating group) is 1. The number of allylic oxidation sites excluding steroid dienone is 1.